The predicted molar refractivity (Wildman–Crippen MR) is 105 cm³/mol. The predicted octanol–water partition coefficient (Wildman–Crippen LogP) is 3.83. The Kier molecular flexibility index (Phi) is 7.40. The molecule has 0 heterocycles. The zero-order valence-electron chi connectivity index (χ0n) is 16.4. The quantitative estimate of drug-likeness (QED) is 0.679. The molecule has 7 nitrogen and oxygen atoms in total. The first kappa shape index (κ1) is 21.2. The second-order valence-electron chi connectivity index (χ2n) is 6.68. The minimum Gasteiger partial charge on any atom is -0.497 e. The average molecular weight is 387 g/mol. The van der Waals surface area contributed by atoms with Crippen LogP contribution in [0.1, 0.15) is 40.1 Å². The second kappa shape index (κ2) is 9.75. The minimum absolute atomic E-state index is 0.0656. The summed E-state index contributed by atoms with van der Waals surface area (Å²) < 4.78 is 16.0. The van der Waals surface area contributed by atoms with E-state index in [1.165, 1.54) is 26.4 Å². The van der Waals surface area contributed by atoms with Crippen molar-refractivity contribution in [2.45, 2.75) is 20.5 Å². The molecule has 0 aliphatic carbocycles. The Balaban J connectivity index is 2.32. The van der Waals surface area contributed by atoms with Crippen LogP contribution < -0.4 is 14.8 Å². The molecule has 0 saturated carbocycles. The molecule has 2 N–H and O–H groups in total. The fraction of sp³-hybridized carbons (Fsp3) is 0.333. The van der Waals surface area contributed by atoms with Crippen LogP contribution in [0.25, 0.3) is 0 Å². The number of aromatic carboxylic acids is 1. The number of carboxylic acid groups (broad SMARTS) is 1. The number of hydrogen-bond acceptors (Lipinski definition) is 5. The molecule has 0 atom stereocenters. The molecular formula is C21H25NO6. The molecule has 7 heteroatoms. The normalized spacial score (nSPS) is 10.6. The van der Waals surface area contributed by atoms with Gasteiger partial charge in [0.1, 0.15) is 11.5 Å². The van der Waals surface area contributed by atoms with Gasteiger partial charge in [0.2, 0.25) is 0 Å². The molecule has 0 unspecified atom stereocenters. The van der Waals surface area contributed by atoms with E-state index in [0.29, 0.717) is 34.9 Å². The van der Waals surface area contributed by atoms with Crippen molar-refractivity contribution in [2.75, 3.05) is 26.1 Å². The van der Waals surface area contributed by atoms with Crippen LogP contribution in [0.15, 0.2) is 36.4 Å². The van der Waals surface area contributed by atoms with Gasteiger partial charge < -0.3 is 24.6 Å². The van der Waals surface area contributed by atoms with E-state index in [1.54, 1.807) is 24.3 Å². The van der Waals surface area contributed by atoms with E-state index in [4.69, 9.17) is 14.2 Å². The first-order valence-electron chi connectivity index (χ1n) is 8.82. The highest BCUT2D eigenvalue weighted by atomic mass is 16.5. The fourth-order valence-corrected chi connectivity index (χ4v) is 2.53. The number of carbonyl (C=O) groups excluding carboxylic acids is 1. The Morgan fingerprint density at radius 1 is 1.11 bits per heavy atom. The van der Waals surface area contributed by atoms with Crippen LogP contribution in [0.5, 0.6) is 11.5 Å². The molecular weight excluding hydrogens is 362 g/mol. The summed E-state index contributed by atoms with van der Waals surface area (Å²) >= 11 is 0. The summed E-state index contributed by atoms with van der Waals surface area (Å²) in [5.74, 6) is -0.236. The Bertz CT molecular complexity index is 847. The summed E-state index contributed by atoms with van der Waals surface area (Å²) in [5.41, 5.74) is 1.40. The van der Waals surface area contributed by atoms with Crippen LogP contribution in [0.3, 0.4) is 0 Å². The SMILES string of the molecule is COCc1cc(NC(=O)c2ccc(OC)cc2OCC(C)C)cc(C(=O)O)c1. The summed E-state index contributed by atoms with van der Waals surface area (Å²) in [4.78, 5) is 24.2. The number of nitrogens with one attached hydrogen (secondary N) is 1. The lowest BCUT2D eigenvalue weighted by molar-refractivity contribution is 0.0696. The molecule has 0 saturated heterocycles. The van der Waals surface area contributed by atoms with Gasteiger partial charge in [0.05, 0.1) is 31.5 Å². The summed E-state index contributed by atoms with van der Waals surface area (Å²) in [6.07, 6.45) is 0. The van der Waals surface area contributed by atoms with Gasteiger partial charge in [-0.15, -0.1) is 0 Å². The molecule has 0 aromatic heterocycles. The van der Waals surface area contributed by atoms with Gasteiger partial charge in [-0.2, -0.15) is 0 Å². The molecule has 0 radical (unpaired) electrons. The third kappa shape index (κ3) is 5.72. The molecule has 0 aliphatic heterocycles. The van der Waals surface area contributed by atoms with Gasteiger partial charge in [-0.05, 0) is 41.8 Å². The monoisotopic (exact) mass is 387 g/mol. The van der Waals surface area contributed by atoms with Gasteiger partial charge in [-0.3, -0.25) is 4.79 Å². The zero-order valence-corrected chi connectivity index (χ0v) is 16.4. The third-order valence-corrected chi connectivity index (χ3v) is 3.81. The van der Waals surface area contributed by atoms with E-state index in [1.807, 2.05) is 13.8 Å². The van der Waals surface area contributed by atoms with Crippen LogP contribution in [0, 0.1) is 5.92 Å². The van der Waals surface area contributed by atoms with Crippen molar-refractivity contribution >= 4 is 17.6 Å². The highest BCUT2D eigenvalue weighted by Crippen LogP contribution is 2.27. The molecule has 0 aliphatic rings. The van der Waals surface area contributed by atoms with Crippen LogP contribution in [-0.4, -0.2) is 37.8 Å². The van der Waals surface area contributed by atoms with Gasteiger partial charge in [0.25, 0.3) is 5.91 Å². The van der Waals surface area contributed by atoms with Crippen LogP contribution >= 0.6 is 0 Å². The smallest absolute Gasteiger partial charge is 0.335 e. The Morgan fingerprint density at radius 3 is 2.46 bits per heavy atom. The Hall–Kier alpha value is -3.06. The molecule has 2 aromatic rings. The van der Waals surface area contributed by atoms with E-state index < -0.39 is 11.9 Å². The first-order chi connectivity index (χ1) is 13.3. The third-order valence-electron chi connectivity index (χ3n) is 3.81. The van der Waals surface area contributed by atoms with Crippen molar-refractivity contribution in [2.24, 2.45) is 5.92 Å². The summed E-state index contributed by atoms with van der Waals surface area (Å²) in [5, 5.41) is 12.0. The van der Waals surface area contributed by atoms with Crippen molar-refractivity contribution < 1.29 is 28.9 Å². The topological polar surface area (TPSA) is 94.1 Å². The molecule has 2 rings (SSSR count). The van der Waals surface area contributed by atoms with Gasteiger partial charge in [0, 0.05) is 18.9 Å². The number of amides is 1. The zero-order chi connectivity index (χ0) is 20.7. The number of carbonyl (C=O) groups is 2. The number of carboxylic acids is 1. The molecule has 0 fully saturated rings. The maximum atomic E-state index is 12.8. The van der Waals surface area contributed by atoms with Crippen molar-refractivity contribution in [1.82, 2.24) is 0 Å². The lowest BCUT2D eigenvalue weighted by Gasteiger charge is -2.15. The van der Waals surface area contributed by atoms with Crippen molar-refractivity contribution in [3.05, 3.63) is 53.1 Å². The molecule has 0 bridgehead atoms. The van der Waals surface area contributed by atoms with Crippen LogP contribution in [-0.2, 0) is 11.3 Å². The maximum absolute atomic E-state index is 12.8. The Labute approximate surface area is 164 Å². The standard InChI is InChI=1S/C21H25NO6/c1-13(2)11-28-19-10-17(27-4)5-6-18(19)20(23)22-16-8-14(12-26-3)7-15(9-16)21(24)25/h5-10,13H,11-12H2,1-4H3,(H,22,23)(H,24,25). The van der Waals surface area contributed by atoms with Crippen LogP contribution in [0.4, 0.5) is 5.69 Å². The van der Waals surface area contributed by atoms with Crippen molar-refractivity contribution in [3.8, 4) is 11.5 Å². The largest absolute Gasteiger partial charge is 0.497 e. The van der Waals surface area contributed by atoms with Gasteiger partial charge in [0.15, 0.2) is 0 Å². The molecule has 0 spiro atoms. The van der Waals surface area contributed by atoms with Gasteiger partial charge >= 0.3 is 5.97 Å². The summed E-state index contributed by atoms with van der Waals surface area (Å²) in [6, 6.07) is 9.51. The van der Waals surface area contributed by atoms with Crippen LogP contribution in [0.2, 0.25) is 0 Å². The first-order valence-corrected chi connectivity index (χ1v) is 8.82. The fourth-order valence-electron chi connectivity index (χ4n) is 2.53. The second-order valence-corrected chi connectivity index (χ2v) is 6.68. The van der Waals surface area contributed by atoms with E-state index >= 15 is 0 Å². The van der Waals surface area contributed by atoms with Gasteiger partial charge in [-0.1, -0.05) is 13.8 Å². The highest BCUT2D eigenvalue weighted by molar-refractivity contribution is 6.06. The highest BCUT2D eigenvalue weighted by Gasteiger charge is 2.16. The summed E-state index contributed by atoms with van der Waals surface area (Å²) in [6.45, 7) is 4.69. The number of benzene rings is 2. The Morgan fingerprint density at radius 2 is 1.86 bits per heavy atom. The van der Waals surface area contributed by atoms with E-state index in [0.717, 1.165) is 0 Å². The molecule has 2 aromatic carbocycles. The minimum atomic E-state index is -1.08. The molecule has 28 heavy (non-hydrogen) atoms. The lowest BCUT2D eigenvalue weighted by atomic mass is 10.1. The van der Waals surface area contributed by atoms with Crippen molar-refractivity contribution in [1.29, 1.82) is 0 Å². The maximum Gasteiger partial charge on any atom is 0.335 e. The average Bonchev–Trinajstić information content (AvgIpc) is 2.66. The van der Waals surface area contributed by atoms with E-state index in [2.05, 4.69) is 5.32 Å². The number of rotatable bonds is 9. The van der Waals surface area contributed by atoms with Crippen molar-refractivity contribution in [3.63, 3.8) is 0 Å². The summed E-state index contributed by atoms with van der Waals surface area (Å²) in [7, 11) is 3.05. The number of ether oxygens (including phenoxy) is 3. The number of hydrogen-bond donors (Lipinski definition) is 2. The molecule has 1 amide bonds. The number of anilines is 1. The van der Waals surface area contributed by atoms with Gasteiger partial charge in [-0.25, -0.2) is 4.79 Å². The lowest BCUT2D eigenvalue weighted by Crippen LogP contribution is -2.16. The molecule has 150 valence electrons. The van der Waals surface area contributed by atoms with E-state index in [-0.39, 0.29) is 18.1 Å². The van der Waals surface area contributed by atoms with E-state index in [9.17, 15) is 14.7 Å². The number of methoxy groups -OCH3 is 2.